The number of hydrogen-bond acceptors (Lipinski definition) is 3. The van der Waals surface area contributed by atoms with E-state index in [0.29, 0.717) is 0 Å². The van der Waals surface area contributed by atoms with Crippen molar-refractivity contribution < 1.29 is 4.79 Å². The third-order valence-corrected chi connectivity index (χ3v) is 5.00. The molecule has 2 aromatic rings. The summed E-state index contributed by atoms with van der Waals surface area (Å²) < 4.78 is 0. The van der Waals surface area contributed by atoms with Gasteiger partial charge in [-0.15, -0.1) is 0 Å². The molecule has 0 aliphatic heterocycles. The van der Waals surface area contributed by atoms with Crippen LogP contribution in [-0.4, -0.2) is 10.9 Å². The van der Waals surface area contributed by atoms with Gasteiger partial charge in [0.2, 0.25) is 5.91 Å². The van der Waals surface area contributed by atoms with E-state index in [1.165, 1.54) is 29.7 Å². The van der Waals surface area contributed by atoms with Gasteiger partial charge < -0.3 is 11.1 Å². The fraction of sp³-hybridized carbons (Fsp3) is 0.333. The first kappa shape index (κ1) is 15.9. The molecule has 0 fully saturated rings. The maximum Gasteiger partial charge on any atom is 0.221 e. The van der Waals surface area contributed by atoms with Gasteiger partial charge in [-0.25, -0.2) is 0 Å². The second kappa shape index (κ2) is 6.71. The van der Waals surface area contributed by atoms with Gasteiger partial charge in [0.05, 0.1) is 12.1 Å². The van der Waals surface area contributed by atoms with Crippen molar-refractivity contribution in [1.29, 1.82) is 0 Å². The Morgan fingerprint density at radius 2 is 2.08 bits per heavy atom. The molecule has 3 N–H and O–H groups in total. The van der Waals surface area contributed by atoms with Crippen LogP contribution in [0.15, 0.2) is 36.4 Å². The molecule has 4 nitrogen and oxygen atoms in total. The number of benzene rings is 1. The molecule has 0 unspecified atom stereocenters. The summed E-state index contributed by atoms with van der Waals surface area (Å²) in [6.45, 7) is 0. The summed E-state index contributed by atoms with van der Waals surface area (Å²) in [5.41, 5.74) is 13.5. The molecule has 4 heteroatoms. The Balaban J connectivity index is 1.67. The monoisotopic (exact) mass is 333 g/mol. The van der Waals surface area contributed by atoms with Crippen molar-refractivity contribution in [2.45, 2.75) is 44.9 Å². The molecule has 128 valence electrons. The van der Waals surface area contributed by atoms with Crippen LogP contribution < -0.4 is 11.1 Å². The predicted molar refractivity (Wildman–Crippen MR) is 101 cm³/mol. The molecule has 4 rings (SSSR count). The van der Waals surface area contributed by atoms with Crippen molar-refractivity contribution in [3.63, 3.8) is 0 Å². The number of allylic oxidation sites excluding steroid dienone is 2. The first-order valence-corrected chi connectivity index (χ1v) is 9.05. The number of rotatable bonds is 5. The van der Waals surface area contributed by atoms with E-state index in [1.807, 2.05) is 24.3 Å². The average molecular weight is 333 g/mol. The normalized spacial score (nSPS) is 15.8. The lowest BCUT2D eigenvalue weighted by molar-refractivity contribution is -0.117. The maximum atomic E-state index is 11.2. The predicted octanol–water partition coefficient (Wildman–Crippen LogP) is 3.91. The number of fused-ring (bicyclic) bond motifs is 1. The van der Waals surface area contributed by atoms with Crippen molar-refractivity contribution in [2.24, 2.45) is 5.73 Å². The highest BCUT2D eigenvalue weighted by Gasteiger charge is 2.20. The zero-order valence-electron chi connectivity index (χ0n) is 14.3. The molecule has 0 saturated heterocycles. The van der Waals surface area contributed by atoms with E-state index in [0.717, 1.165) is 48.3 Å². The molecule has 1 amide bonds. The molecule has 0 spiro atoms. The third-order valence-electron chi connectivity index (χ3n) is 5.00. The number of carbonyl (C=O) groups excluding carboxylic acids is 1. The first-order valence-electron chi connectivity index (χ1n) is 9.05. The number of aromatic nitrogens is 1. The third kappa shape index (κ3) is 3.43. The summed E-state index contributed by atoms with van der Waals surface area (Å²) in [4.78, 5) is 16.1. The molecule has 2 aliphatic carbocycles. The molecule has 0 bridgehead atoms. The van der Waals surface area contributed by atoms with Crippen LogP contribution in [0.1, 0.15) is 48.2 Å². The van der Waals surface area contributed by atoms with E-state index in [2.05, 4.69) is 17.5 Å². The highest BCUT2D eigenvalue weighted by molar-refractivity contribution is 5.77. The summed E-state index contributed by atoms with van der Waals surface area (Å²) >= 11 is 0. The zero-order chi connectivity index (χ0) is 17.2. The van der Waals surface area contributed by atoms with Crippen LogP contribution in [0.5, 0.6) is 0 Å². The van der Waals surface area contributed by atoms with E-state index in [9.17, 15) is 4.79 Å². The number of nitrogens with zero attached hydrogens (tertiary/aromatic N) is 1. The van der Waals surface area contributed by atoms with Crippen LogP contribution in [0.25, 0.3) is 5.57 Å². The molecule has 1 heterocycles. The average Bonchev–Trinajstić information content (AvgIpc) is 3.26. The lowest BCUT2D eigenvalue weighted by atomic mass is 10.1. The Morgan fingerprint density at radius 3 is 2.88 bits per heavy atom. The topological polar surface area (TPSA) is 68.0 Å². The highest BCUT2D eigenvalue weighted by atomic mass is 16.1. The Labute approximate surface area is 148 Å². The second-order valence-electron chi connectivity index (χ2n) is 6.92. The lowest BCUT2D eigenvalue weighted by Crippen LogP contribution is -2.13. The first-order chi connectivity index (χ1) is 12.2. The van der Waals surface area contributed by atoms with Crippen molar-refractivity contribution in [3.05, 3.63) is 58.9 Å². The Bertz CT molecular complexity index is 854. The summed E-state index contributed by atoms with van der Waals surface area (Å²) in [6.07, 6.45) is 9.40. The number of amides is 1. The summed E-state index contributed by atoms with van der Waals surface area (Å²) in [5, 5.41) is 3.56. The van der Waals surface area contributed by atoms with Crippen molar-refractivity contribution >= 4 is 22.9 Å². The van der Waals surface area contributed by atoms with E-state index < -0.39 is 0 Å². The molecule has 0 atom stereocenters. The molecule has 1 aromatic carbocycles. The number of anilines is 2. The molecule has 0 radical (unpaired) electrons. The van der Waals surface area contributed by atoms with Crippen molar-refractivity contribution in [1.82, 2.24) is 4.98 Å². The van der Waals surface area contributed by atoms with Crippen LogP contribution in [0.2, 0.25) is 0 Å². The Morgan fingerprint density at radius 1 is 1.16 bits per heavy atom. The molecule has 0 saturated carbocycles. The van der Waals surface area contributed by atoms with E-state index in [1.54, 1.807) is 0 Å². The van der Waals surface area contributed by atoms with Crippen LogP contribution in [0.4, 0.5) is 11.4 Å². The minimum atomic E-state index is -0.308. The quantitative estimate of drug-likeness (QED) is 0.872. The van der Waals surface area contributed by atoms with Crippen molar-refractivity contribution in [2.75, 3.05) is 5.32 Å². The lowest BCUT2D eigenvalue weighted by Gasteiger charge is -2.15. The summed E-state index contributed by atoms with van der Waals surface area (Å²) in [7, 11) is 0. The van der Waals surface area contributed by atoms with Gasteiger partial charge in [0.25, 0.3) is 0 Å². The molecular formula is C21H23N3O. The number of primary amides is 1. The maximum absolute atomic E-state index is 11.2. The van der Waals surface area contributed by atoms with Crippen LogP contribution in [-0.2, 0) is 24.1 Å². The molecular weight excluding hydrogens is 310 g/mol. The molecule has 2 aliphatic rings. The summed E-state index contributed by atoms with van der Waals surface area (Å²) in [6, 6.07) is 10.1. The fourth-order valence-electron chi connectivity index (χ4n) is 3.84. The molecule has 25 heavy (non-hydrogen) atoms. The van der Waals surface area contributed by atoms with Gasteiger partial charge in [-0.05, 0) is 73.4 Å². The summed E-state index contributed by atoms with van der Waals surface area (Å²) in [5.74, 6) is -0.308. The van der Waals surface area contributed by atoms with Gasteiger partial charge in [0.1, 0.15) is 0 Å². The number of aryl methyl sites for hydroxylation is 1. The van der Waals surface area contributed by atoms with Crippen LogP contribution in [0.3, 0.4) is 0 Å². The smallest absolute Gasteiger partial charge is 0.221 e. The van der Waals surface area contributed by atoms with Gasteiger partial charge in [-0.3, -0.25) is 9.78 Å². The largest absolute Gasteiger partial charge is 0.369 e. The number of carbonyl (C=O) groups is 1. The molecule has 1 aromatic heterocycles. The fourth-order valence-corrected chi connectivity index (χ4v) is 3.84. The van der Waals surface area contributed by atoms with Crippen LogP contribution in [0, 0.1) is 0 Å². The van der Waals surface area contributed by atoms with Gasteiger partial charge >= 0.3 is 0 Å². The van der Waals surface area contributed by atoms with Crippen LogP contribution >= 0.6 is 0 Å². The number of pyridine rings is 1. The van der Waals surface area contributed by atoms with Gasteiger partial charge in [-0.2, -0.15) is 0 Å². The minimum Gasteiger partial charge on any atom is -0.369 e. The zero-order valence-corrected chi connectivity index (χ0v) is 14.3. The van der Waals surface area contributed by atoms with Gasteiger partial charge in [0.15, 0.2) is 0 Å². The highest BCUT2D eigenvalue weighted by Crippen LogP contribution is 2.35. The minimum absolute atomic E-state index is 0.266. The van der Waals surface area contributed by atoms with Gasteiger partial charge in [-0.1, -0.05) is 18.2 Å². The van der Waals surface area contributed by atoms with E-state index in [-0.39, 0.29) is 12.3 Å². The van der Waals surface area contributed by atoms with Crippen molar-refractivity contribution in [3.8, 4) is 0 Å². The second-order valence-corrected chi connectivity index (χ2v) is 6.92. The standard InChI is InChI=1S/C21H23N3O/c22-21(25)12-14-5-3-8-16(11-14)23-20-13-19(15-6-1-2-7-15)24-18-10-4-9-17(18)20/h3,5-6,8,11,13H,1-2,4,7,9-10,12H2,(H2,22,25)(H,23,24). The van der Waals surface area contributed by atoms with E-state index >= 15 is 0 Å². The van der Waals surface area contributed by atoms with Gasteiger partial charge in [0, 0.05) is 17.1 Å². The number of hydrogen-bond donors (Lipinski definition) is 2. The number of nitrogens with two attached hydrogens (primary N) is 1. The Kier molecular flexibility index (Phi) is 4.26. The SMILES string of the molecule is NC(=O)Cc1cccc(Nc2cc(C3=CCCC3)nc3c2CCC3)c1. The Hall–Kier alpha value is -2.62. The van der Waals surface area contributed by atoms with E-state index in [4.69, 9.17) is 10.7 Å². The number of nitrogens with one attached hydrogen (secondary N) is 1.